The molecule has 8 nitrogen and oxygen atoms in total. The molecular formula is C32H38ClN3O5S. The third kappa shape index (κ3) is 8.49. The van der Waals surface area contributed by atoms with Crippen molar-refractivity contribution in [2.75, 3.05) is 24.2 Å². The molecule has 0 aromatic heterocycles. The first kappa shape index (κ1) is 31.4. The third-order valence-corrected chi connectivity index (χ3v) is 8.96. The SMILES string of the molecule is COc1cccc(CN(C(=O)CN(c2ccccc2Cl)S(C)(=O)=O)[C@@H](Cc2ccccc2)C(=O)NC2CCCCC2)c1. The van der Waals surface area contributed by atoms with E-state index in [0.717, 1.165) is 53.8 Å². The van der Waals surface area contributed by atoms with Crippen molar-refractivity contribution >= 4 is 39.1 Å². The quantitative estimate of drug-likeness (QED) is 0.304. The second-order valence-electron chi connectivity index (χ2n) is 10.6. The maximum atomic E-state index is 14.2. The molecule has 10 heteroatoms. The van der Waals surface area contributed by atoms with E-state index in [9.17, 15) is 18.0 Å². The van der Waals surface area contributed by atoms with Gasteiger partial charge in [0.25, 0.3) is 0 Å². The largest absolute Gasteiger partial charge is 0.497 e. The lowest BCUT2D eigenvalue weighted by molar-refractivity contribution is -0.140. The molecule has 2 amide bonds. The number of nitrogens with zero attached hydrogens (tertiary/aromatic N) is 2. The summed E-state index contributed by atoms with van der Waals surface area (Å²) in [5, 5.41) is 3.40. The molecule has 42 heavy (non-hydrogen) atoms. The molecule has 0 bridgehead atoms. The number of amides is 2. The van der Waals surface area contributed by atoms with E-state index in [0.29, 0.717) is 5.75 Å². The molecule has 3 aromatic rings. The predicted octanol–water partition coefficient (Wildman–Crippen LogP) is 5.20. The third-order valence-electron chi connectivity index (χ3n) is 7.51. The van der Waals surface area contributed by atoms with Crippen LogP contribution in [0.5, 0.6) is 5.75 Å². The number of benzene rings is 3. The number of rotatable bonds is 12. The van der Waals surface area contributed by atoms with Crippen LogP contribution in [0, 0.1) is 0 Å². The molecule has 0 radical (unpaired) electrons. The Bertz CT molecular complexity index is 1460. The van der Waals surface area contributed by atoms with E-state index in [1.807, 2.05) is 42.5 Å². The first-order chi connectivity index (χ1) is 20.2. The molecule has 4 rings (SSSR count). The standard InChI is InChI=1S/C32H38ClN3O5S/c1-41-27-17-11-14-25(20-27)22-35(31(37)23-36(42(2,39)40)29-19-10-9-18-28(29)33)30(21-24-12-5-3-6-13-24)32(38)34-26-15-7-4-8-16-26/h3,5-6,9-14,17-20,26,30H,4,7-8,15-16,21-23H2,1-2H3,(H,34,38)/t30-/m0/s1. The van der Waals surface area contributed by atoms with Gasteiger partial charge in [0.15, 0.2) is 0 Å². The van der Waals surface area contributed by atoms with Gasteiger partial charge in [-0.05, 0) is 48.2 Å². The maximum absolute atomic E-state index is 14.2. The molecule has 1 N–H and O–H groups in total. The summed E-state index contributed by atoms with van der Waals surface area (Å²) in [7, 11) is -2.34. The van der Waals surface area contributed by atoms with Gasteiger partial charge in [0.1, 0.15) is 18.3 Å². The van der Waals surface area contributed by atoms with E-state index in [4.69, 9.17) is 16.3 Å². The van der Waals surface area contributed by atoms with Crippen LogP contribution >= 0.6 is 11.6 Å². The fraction of sp³-hybridized carbons (Fsp3) is 0.375. The number of ether oxygens (including phenoxy) is 1. The monoisotopic (exact) mass is 611 g/mol. The van der Waals surface area contributed by atoms with Crippen LogP contribution in [0.3, 0.4) is 0 Å². The lowest BCUT2D eigenvalue weighted by Crippen LogP contribution is -2.55. The van der Waals surface area contributed by atoms with Gasteiger partial charge in [-0.25, -0.2) is 8.42 Å². The fourth-order valence-corrected chi connectivity index (χ4v) is 6.46. The Morgan fingerprint density at radius 3 is 2.29 bits per heavy atom. The Kier molecular flexibility index (Phi) is 10.9. The van der Waals surface area contributed by atoms with Crippen LogP contribution in [-0.2, 0) is 32.6 Å². The summed E-state index contributed by atoms with van der Waals surface area (Å²) in [5.41, 5.74) is 1.83. The molecule has 0 saturated heterocycles. The van der Waals surface area contributed by atoms with Crippen LogP contribution in [-0.4, -0.2) is 57.1 Å². The number of hydrogen-bond donors (Lipinski definition) is 1. The number of hydrogen-bond acceptors (Lipinski definition) is 5. The second-order valence-corrected chi connectivity index (χ2v) is 13.0. The summed E-state index contributed by atoms with van der Waals surface area (Å²) in [5.74, 6) is -0.173. The summed E-state index contributed by atoms with van der Waals surface area (Å²) >= 11 is 6.37. The maximum Gasteiger partial charge on any atom is 0.244 e. The van der Waals surface area contributed by atoms with Crippen molar-refractivity contribution in [1.29, 1.82) is 0 Å². The van der Waals surface area contributed by atoms with Gasteiger partial charge in [0.05, 0.1) is 24.1 Å². The zero-order chi connectivity index (χ0) is 30.1. The number of halogens is 1. The Morgan fingerprint density at radius 2 is 1.62 bits per heavy atom. The summed E-state index contributed by atoms with van der Waals surface area (Å²) in [6.07, 6.45) is 6.31. The Hall–Kier alpha value is -3.56. The molecular weight excluding hydrogens is 574 g/mol. The Labute approximate surface area is 253 Å². The van der Waals surface area contributed by atoms with E-state index >= 15 is 0 Å². The summed E-state index contributed by atoms with van der Waals surface area (Å²) in [4.78, 5) is 29.7. The minimum absolute atomic E-state index is 0.0361. The van der Waals surface area contributed by atoms with Gasteiger partial charge in [0, 0.05) is 19.0 Å². The van der Waals surface area contributed by atoms with Gasteiger partial charge in [-0.3, -0.25) is 13.9 Å². The van der Waals surface area contributed by atoms with Crippen LogP contribution in [0.25, 0.3) is 0 Å². The number of anilines is 1. The van der Waals surface area contributed by atoms with Crippen molar-refractivity contribution in [2.24, 2.45) is 0 Å². The fourth-order valence-electron chi connectivity index (χ4n) is 5.31. The molecule has 0 heterocycles. The highest BCUT2D eigenvalue weighted by molar-refractivity contribution is 7.92. The minimum Gasteiger partial charge on any atom is -0.497 e. The molecule has 224 valence electrons. The van der Waals surface area contributed by atoms with Gasteiger partial charge in [-0.2, -0.15) is 0 Å². The average molecular weight is 612 g/mol. The average Bonchev–Trinajstić information content (AvgIpc) is 2.98. The lowest BCUT2D eigenvalue weighted by atomic mass is 9.94. The highest BCUT2D eigenvalue weighted by Crippen LogP contribution is 2.28. The van der Waals surface area contributed by atoms with Gasteiger partial charge in [-0.1, -0.05) is 85.5 Å². The highest BCUT2D eigenvalue weighted by Gasteiger charge is 2.34. The van der Waals surface area contributed by atoms with E-state index < -0.39 is 28.5 Å². The van der Waals surface area contributed by atoms with Gasteiger partial charge >= 0.3 is 0 Å². The molecule has 0 spiro atoms. The normalized spacial score (nSPS) is 14.5. The number of carbonyl (C=O) groups excluding carboxylic acids is 2. The molecule has 0 aliphatic heterocycles. The molecule has 1 fully saturated rings. The van der Waals surface area contributed by atoms with Crippen molar-refractivity contribution in [3.05, 3.63) is 95.0 Å². The molecule has 1 atom stereocenters. The van der Waals surface area contributed by atoms with E-state index in [2.05, 4.69) is 5.32 Å². The van der Waals surface area contributed by atoms with Crippen molar-refractivity contribution < 1.29 is 22.7 Å². The molecule has 1 aliphatic carbocycles. The van der Waals surface area contributed by atoms with E-state index in [1.54, 1.807) is 43.5 Å². The summed E-state index contributed by atoms with van der Waals surface area (Å²) < 4.78 is 32.3. The number of para-hydroxylation sites is 1. The Morgan fingerprint density at radius 1 is 0.952 bits per heavy atom. The second kappa shape index (κ2) is 14.6. The first-order valence-electron chi connectivity index (χ1n) is 14.1. The van der Waals surface area contributed by atoms with Crippen molar-refractivity contribution in [3.63, 3.8) is 0 Å². The zero-order valence-corrected chi connectivity index (χ0v) is 25.6. The van der Waals surface area contributed by atoms with Crippen molar-refractivity contribution in [1.82, 2.24) is 10.2 Å². The molecule has 1 saturated carbocycles. The topological polar surface area (TPSA) is 96.0 Å². The number of nitrogens with one attached hydrogen (secondary N) is 1. The van der Waals surface area contributed by atoms with Gasteiger partial charge in [0.2, 0.25) is 21.8 Å². The first-order valence-corrected chi connectivity index (χ1v) is 16.4. The zero-order valence-electron chi connectivity index (χ0n) is 24.0. The van der Waals surface area contributed by atoms with Crippen LogP contribution < -0.4 is 14.4 Å². The lowest BCUT2D eigenvalue weighted by Gasteiger charge is -2.35. The van der Waals surface area contributed by atoms with Crippen LogP contribution in [0.1, 0.15) is 43.2 Å². The molecule has 3 aromatic carbocycles. The Balaban J connectivity index is 1.74. The summed E-state index contributed by atoms with van der Waals surface area (Å²) in [6, 6.07) is 22.4. The summed E-state index contributed by atoms with van der Waals surface area (Å²) in [6.45, 7) is -0.444. The van der Waals surface area contributed by atoms with Gasteiger partial charge in [-0.15, -0.1) is 0 Å². The molecule has 0 unspecified atom stereocenters. The highest BCUT2D eigenvalue weighted by atomic mass is 35.5. The van der Waals surface area contributed by atoms with Gasteiger partial charge < -0.3 is 15.0 Å². The van der Waals surface area contributed by atoms with E-state index in [-0.39, 0.29) is 35.6 Å². The van der Waals surface area contributed by atoms with Crippen LogP contribution in [0.2, 0.25) is 5.02 Å². The number of sulfonamides is 1. The van der Waals surface area contributed by atoms with Crippen LogP contribution in [0.15, 0.2) is 78.9 Å². The number of carbonyl (C=O) groups is 2. The number of methoxy groups -OCH3 is 1. The van der Waals surface area contributed by atoms with Crippen molar-refractivity contribution in [3.8, 4) is 5.75 Å². The minimum atomic E-state index is -3.90. The van der Waals surface area contributed by atoms with Crippen LogP contribution in [0.4, 0.5) is 5.69 Å². The van der Waals surface area contributed by atoms with E-state index in [1.165, 1.54) is 4.90 Å². The predicted molar refractivity (Wildman–Crippen MR) is 166 cm³/mol. The molecule has 1 aliphatic rings. The van der Waals surface area contributed by atoms with Crippen molar-refractivity contribution in [2.45, 2.75) is 57.2 Å². The smallest absolute Gasteiger partial charge is 0.244 e.